The van der Waals surface area contributed by atoms with E-state index < -0.39 is 15.0 Å². The van der Waals surface area contributed by atoms with Gasteiger partial charge in [0.15, 0.2) is 0 Å². The van der Waals surface area contributed by atoms with Gasteiger partial charge < -0.3 is 9.08 Å². The number of hydrogen-bond acceptors (Lipinski definition) is 7. The number of hydrogen-bond donors (Lipinski definition) is 0. The molecule has 0 radical (unpaired) electrons. The van der Waals surface area contributed by atoms with E-state index in [1.807, 2.05) is 12.1 Å². The number of nitrogens with zero attached hydrogens (tertiary/aromatic N) is 3. The summed E-state index contributed by atoms with van der Waals surface area (Å²) in [6, 6.07) is 12.0. The standard InChI is InChI=1S/C28H39N3O6S/c1-4-18-29(21-24(5-2)30-19-8-6-7-9-28(30)32)22(3)20-23-10-14-26(15-11-23)37-38(35,36)27-16-12-25(13-17-27)31(33)34/h10-17,22,24H,4-9,18-21H2,1-3H3. The molecule has 208 valence electrons. The topological polar surface area (TPSA) is 110 Å². The molecule has 0 aromatic heterocycles. The van der Waals surface area contributed by atoms with Crippen LogP contribution in [-0.2, 0) is 21.3 Å². The molecule has 0 aliphatic carbocycles. The number of carbonyl (C=O) groups is 1. The van der Waals surface area contributed by atoms with Crippen LogP contribution in [0.25, 0.3) is 0 Å². The molecule has 1 saturated heterocycles. The zero-order valence-corrected chi connectivity index (χ0v) is 23.4. The highest BCUT2D eigenvalue weighted by atomic mass is 32.2. The number of nitro groups is 1. The van der Waals surface area contributed by atoms with Crippen LogP contribution in [0.1, 0.15) is 64.9 Å². The minimum atomic E-state index is -4.11. The van der Waals surface area contributed by atoms with Crippen molar-refractivity contribution >= 4 is 21.7 Å². The highest BCUT2D eigenvalue weighted by Gasteiger charge is 2.27. The summed E-state index contributed by atoms with van der Waals surface area (Å²) in [5.41, 5.74) is 0.861. The van der Waals surface area contributed by atoms with Crippen molar-refractivity contribution in [2.75, 3.05) is 19.6 Å². The van der Waals surface area contributed by atoms with E-state index in [2.05, 4.69) is 30.6 Å². The molecule has 1 aliphatic heterocycles. The first kappa shape index (κ1) is 29.6. The summed E-state index contributed by atoms with van der Waals surface area (Å²) in [5, 5.41) is 10.8. The van der Waals surface area contributed by atoms with Crippen molar-refractivity contribution in [1.82, 2.24) is 9.80 Å². The van der Waals surface area contributed by atoms with Crippen LogP contribution >= 0.6 is 0 Å². The van der Waals surface area contributed by atoms with Gasteiger partial charge in [0.1, 0.15) is 10.6 Å². The molecule has 9 nitrogen and oxygen atoms in total. The Morgan fingerprint density at radius 2 is 1.74 bits per heavy atom. The van der Waals surface area contributed by atoms with Gasteiger partial charge in [-0.15, -0.1) is 0 Å². The molecule has 0 bridgehead atoms. The van der Waals surface area contributed by atoms with Gasteiger partial charge in [-0.05, 0) is 75.4 Å². The predicted octanol–water partition coefficient (Wildman–Crippen LogP) is 5.19. The first-order valence-corrected chi connectivity index (χ1v) is 14.9. The van der Waals surface area contributed by atoms with Crippen molar-refractivity contribution in [3.05, 3.63) is 64.2 Å². The zero-order valence-electron chi connectivity index (χ0n) is 22.5. The Labute approximate surface area is 226 Å². The fourth-order valence-corrected chi connectivity index (χ4v) is 5.88. The number of rotatable bonds is 13. The highest BCUT2D eigenvalue weighted by Crippen LogP contribution is 2.23. The van der Waals surface area contributed by atoms with E-state index in [0.29, 0.717) is 6.42 Å². The van der Waals surface area contributed by atoms with E-state index in [-0.39, 0.29) is 34.3 Å². The van der Waals surface area contributed by atoms with Gasteiger partial charge in [-0.3, -0.25) is 19.8 Å². The Morgan fingerprint density at radius 3 is 2.34 bits per heavy atom. The van der Waals surface area contributed by atoms with Crippen LogP contribution < -0.4 is 4.18 Å². The fourth-order valence-electron chi connectivity index (χ4n) is 4.95. The molecule has 10 heteroatoms. The quantitative estimate of drug-likeness (QED) is 0.194. The number of benzene rings is 2. The number of non-ortho nitro benzene ring substituents is 1. The molecule has 38 heavy (non-hydrogen) atoms. The lowest BCUT2D eigenvalue weighted by atomic mass is 10.0. The number of carbonyl (C=O) groups excluding carboxylic acids is 1. The Bertz CT molecular complexity index is 1170. The molecule has 1 fully saturated rings. The molecular formula is C28H39N3O6S. The second-order valence-corrected chi connectivity index (χ2v) is 11.5. The summed E-state index contributed by atoms with van der Waals surface area (Å²) in [4.78, 5) is 27.3. The first-order chi connectivity index (χ1) is 18.1. The van der Waals surface area contributed by atoms with E-state index >= 15 is 0 Å². The molecule has 1 heterocycles. The van der Waals surface area contributed by atoms with Crippen molar-refractivity contribution in [2.24, 2.45) is 0 Å². The summed E-state index contributed by atoms with van der Waals surface area (Å²) in [6.07, 6.45) is 6.53. The Kier molecular flexibility index (Phi) is 10.7. The molecule has 1 amide bonds. The number of likely N-dealkylation sites (tertiary alicyclic amines) is 1. The third-order valence-electron chi connectivity index (χ3n) is 7.10. The minimum Gasteiger partial charge on any atom is -0.379 e. The van der Waals surface area contributed by atoms with E-state index in [0.717, 1.165) is 88.0 Å². The van der Waals surface area contributed by atoms with Gasteiger partial charge in [0, 0.05) is 43.7 Å². The molecule has 2 aromatic rings. The van der Waals surface area contributed by atoms with E-state index in [4.69, 9.17) is 4.18 Å². The van der Waals surface area contributed by atoms with Crippen LogP contribution in [0.3, 0.4) is 0 Å². The largest absolute Gasteiger partial charge is 0.379 e. The lowest BCUT2D eigenvalue weighted by Crippen LogP contribution is -2.49. The van der Waals surface area contributed by atoms with Crippen LogP contribution in [0, 0.1) is 10.1 Å². The Morgan fingerprint density at radius 1 is 1.05 bits per heavy atom. The monoisotopic (exact) mass is 545 g/mol. The van der Waals surface area contributed by atoms with Gasteiger partial charge in [-0.2, -0.15) is 8.42 Å². The molecule has 2 unspecified atom stereocenters. The summed E-state index contributed by atoms with van der Waals surface area (Å²) in [6.45, 7) is 9.13. The van der Waals surface area contributed by atoms with Crippen LogP contribution in [0.5, 0.6) is 5.75 Å². The van der Waals surface area contributed by atoms with Crippen LogP contribution in [0.4, 0.5) is 5.69 Å². The molecular weight excluding hydrogens is 506 g/mol. The van der Waals surface area contributed by atoms with Crippen LogP contribution in [-0.4, -0.2) is 60.8 Å². The second kappa shape index (κ2) is 13.7. The molecule has 3 rings (SSSR count). The number of amides is 1. The molecule has 0 spiro atoms. The third kappa shape index (κ3) is 8.01. The average Bonchev–Trinajstić information content (AvgIpc) is 3.11. The summed E-state index contributed by atoms with van der Waals surface area (Å²) in [5.74, 6) is 0.452. The van der Waals surface area contributed by atoms with E-state index in [1.54, 1.807) is 12.1 Å². The van der Waals surface area contributed by atoms with Gasteiger partial charge in [-0.25, -0.2) is 0 Å². The molecule has 0 saturated carbocycles. The Balaban J connectivity index is 1.64. The molecule has 1 aliphatic rings. The fraction of sp³-hybridized carbons (Fsp3) is 0.536. The van der Waals surface area contributed by atoms with Gasteiger partial charge >= 0.3 is 10.1 Å². The summed E-state index contributed by atoms with van der Waals surface area (Å²) < 4.78 is 30.4. The Hall–Kier alpha value is -2.98. The first-order valence-electron chi connectivity index (χ1n) is 13.5. The summed E-state index contributed by atoms with van der Waals surface area (Å²) in [7, 11) is -4.11. The minimum absolute atomic E-state index is 0.149. The van der Waals surface area contributed by atoms with Gasteiger partial charge in [0.2, 0.25) is 5.91 Å². The van der Waals surface area contributed by atoms with E-state index in [9.17, 15) is 23.3 Å². The summed E-state index contributed by atoms with van der Waals surface area (Å²) >= 11 is 0. The van der Waals surface area contributed by atoms with Crippen molar-refractivity contribution in [3.8, 4) is 5.75 Å². The molecule has 2 atom stereocenters. The van der Waals surface area contributed by atoms with Crippen molar-refractivity contribution < 1.29 is 22.3 Å². The van der Waals surface area contributed by atoms with Crippen molar-refractivity contribution in [2.45, 2.75) is 82.7 Å². The lowest BCUT2D eigenvalue weighted by Gasteiger charge is -2.37. The second-order valence-electron chi connectivity index (χ2n) is 9.94. The molecule has 0 N–H and O–H groups in total. The maximum atomic E-state index is 12.7. The smallest absolute Gasteiger partial charge is 0.339 e. The lowest BCUT2D eigenvalue weighted by molar-refractivity contribution is -0.384. The van der Waals surface area contributed by atoms with Gasteiger partial charge in [-0.1, -0.05) is 32.4 Å². The van der Waals surface area contributed by atoms with Crippen molar-refractivity contribution in [1.29, 1.82) is 0 Å². The van der Waals surface area contributed by atoms with Crippen molar-refractivity contribution in [3.63, 3.8) is 0 Å². The number of nitro benzene ring substituents is 1. The predicted molar refractivity (Wildman–Crippen MR) is 147 cm³/mol. The molecule has 2 aromatic carbocycles. The highest BCUT2D eigenvalue weighted by molar-refractivity contribution is 7.87. The van der Waals surface area contributed by atoms with Crippen LogP contribution in [0.2, 0.25) is 0 Å². The van der Waals surface area contributed by atoms with Gasteiger partial charge in [0.25, 0.3) is 5.69 Å². The third-order valence-corrected chi connectivity index (χ3v) is 8.36. The maximum Gasteiger partial charge on any atom is 0.339 e. The SMILES string of the molecule is CCCN(CC(CC)N1CCCCCC1=O)C(C)Cc1ccc(OS(=O)(=O)c2ccc([N+](=O)[O-])cc2)cc1. The van der Waals surface area contributed by atoms with Gasteiger partial charge in [0.05, 0.1) is 4.92 Å². The normalized spacial score (nSPS) is 16.2. The van der Waals surface area contributed by atoms with Crippen LogP contribution in [0.15, 0.2) is 53.4 Å². The maximum absolute atomic E-state index is 12.7. The zero-order chi connectivity index (χ0) is 27.7. The van der Waals surface area contributed by atoms with E-state index in [1.165, 1.54) is 0 Å². The average molecular weight is 546 g/mol.